The van der Waals surface area contributed by atoms with Gasteiger partial charge in [-0.2, -0.15) is 0 Å². The summed E-state index contributed by atoms with van der Waals surface area (Å²) >= 11 is 0. The summed E-state index contributed by atoms with van der Waals surface area (Å²) in [5.74, 6) is 0.929. The van der Waals surface area contributed by atoms with Gasteiger partial charge in [0.2, 0.25) is 0 Å². The van der Waals surface area contributed by atoms with Gasteiger partial charge in [-0.25, -0.2) is 0 Å². The summed E-state index contributed by atoms with van der Waals surface area (Å²) in [5, 5.41) is 6.10. The van der Waals surface area contributed by atoms with Crippen LogP contribution < -0.4 is 10.1 Å². The molecule has 3 rings (SSSR count). The highest BCUT2D eigenvalue weighted by molar-refractivity contribution is 5.91. The minimum Gasteiger partial charge on any atom is -0.496 e. The monoisotopic (exact) mass is 285 g/mol. The third-order valence-corrected chi connectivity index (χ3v) is 4.76. The van der Waals surface area contributed by atoms with E-state index in [1.54, 1.807) is 7.11 Å². The topological polar surface area (TPSA) is 30.5 Å². The van der Waals surface area contributed by atoms with Gasteiger partial charge in [0.25, 0.3) is 0 Å². The number of fused-ring (bicyclic) bond motifs is 1. The Kier molecular flexibility index (Phi) is 3.87. The number of rotatable bonds is 4. The second-order valence-electron chi connectivity index (χ2n) is 6.01. The van der Waals surface area contributed by atoms with Crippen LogP contribution in [-0.2, 0) is 11.3 Å². The number of hydrogen-bond donors (Lipinski definition) is 1. The average Bonchev–Trinajstić information content (AvgIpc) is 2.84. The molecule has 0 radical (unpaired) electrons. The summed E-state index contributed by atoms with van der Waals surface area (Å²) < 4.78 is 11.2. The molecule has 1 aliphatic rings. The molecule has 2 atom stereocenters. The quantitative estimate of drug-likeness (QED) is 0.932. The van der Waals surface area contributed by atoms with E-state index in [-0.39, 0.29) is 11.6 Å². The van der Waals surface area contributed by atoms with Gasteiger partial charge in [-0.3, -0.25) is 0 Å². The van der Waals surface area contributed by atoms with Gasteiger partial charge in [0.15, 0.2) is 0 Å². The van der Waals surface area contributed by atoms with Crippen molar-refractivity contribution in [3.05, 3.63) is 42.0 Å². The number of ether oxygens (including phenoxy) is 2. The second kappa shape index (κ2) is 5.66. The molecule has 1 fully saturated rings. The normalized spacial score (nSPS) is 25.4. The first-order valence-corrected chi connectivity index (χ1v) is 7.55. The molecule has 1 aliphatic heterocycles. The molecule has 0 aliphatic carbocycles. The predicted octanol–water partition coefficient (Wildman–Crippen LogP) is 3.51. The van der Waals surface area contributed by atoms with Crippen LogP contribution in [0.15, 0.2) is 36.4 Å². The van der Waals surface area contributed by atoms with E-state index in [0.29, 0.717) is 0 Å². The Hall–Kier alpha value is -1.58. The molecule has 2 aromatic rings. The lowest BCUT2D eigenvalue weighted by atomic mass is 9.94. The van der Waals surface area contributed by atoms with Crippen LogP contribution >= 0.6 is 0 Å². The molecule has 1 saturated heterocycles. The van der Waals surface area contributed by atoms with Crippen molar-refractivity contribution in [1.29, 1.82) is 0 Å². The molecule has 0 aromatic heterocycles. The van der Waals surface area contributed by atoms with Gasteiger partial charge in [0, 0.05) is 24.1 Å². The Morgan fingerprint density at radius 1 is 1.24 bits per heavy atom. The zero-order valence-electron chi connectivity index (χ0n) is 13.0. The van der Waals surface area contributed by atoms with E-state index in [1.807, 2.05) is 0 Å². The van der Waals surface area contributed by atoms with Crippen molar-refractivity contribution in [1.82, 2.24) is 5.32 Å². The van der Waals surface area contributed by atoms with E-state index in [9.17, 15) is 0 Å². The Bertz CT molecular complexity index is 640. The zero-order valence-corrected chi connectivity index (χ0v) is 13.0. The van der Waals surface area contributed by atoms with E-state index in [0.717, 1.165) is 25.3 Å². The highest BCUT2D eigenvalue weighted by atomic mass is 16.5. The van der Waals surface area contributed by atoms with E-state index in [4.69, 9.17) is 9.47 Å². The maximum atomic E-state index is 5.70. The number of methoxy groups -OCH3 is 1. The van der Waals surface area contributed by atoms with Crippen LogP contribution in [-0.4, -0.2) is 25.4 Å². The summed E-state index contributed by atoms with van der Waals surface area (Å²) in [7, 11) is 1.72. The summed E-state index contributed by atoms with van der Waals surface area (Å²) in [4.78, 5) is 0. The van der Waals surface area contributed by atoms with Gasteiger partial charge in [-0.1, -0.05) is 30.3 Å². The third kappa shape index (κ3) is 2.63. The van der Waals surface area contributed by atoms with Crippen molar-refractivity contribution < 1.29 is 9.47 Å². The van der Waals surface area contributed by atoms with Crippen LogP contribution in [0.25, 0.3) is 10.8 Å². The summed E-state index contributed by atoms with van der Waals surface area (Å²) in [6, 6.07) is 12.6. The van der Waals surface area contributed by atoms with Crippen LogP contribution in [0.1, 0.15) is 25.8 Å². The Morgan fingerprint density at radius 2 is 2.00 bits per heavy atom. The number of nitrogens with one attached hydrogen (secondary N) is 1. The van der Waals surface area contributed by atoms with E-state index in [1.165, 1.54) is 16.3 Å². The molecule has 3 nitrogen and oxygen atoms in total. The Labute approximate surface area is 126 Å². The lowest BCUT2D eigenvalue weighted by Crippen LogP contribution is -2.47. The molecule has 1 N–H and O–H groups in total. The third-order valence-electron chi connectivity index (χ3n) is 4.76. The summed E-state index contributed by atoms with van der Waals surface area (Å²) in [5.41, 5.74) is 1.35. The molecule has 2 unspecified atom stereocenters. The Balaban J connectivity index is 1.88. The van der Waals surface area contributed by atoms with Crippen molar-refractivity contribution in [2.75, 3.05) is 13.7 Å². The Morgan fingerprint density at radius 3 is 2.67 bits per heavy atom. The molecule has 1 heterocycles. The fourth-order valence-electron chi connectivity index (χ4n) is 3.03. The zero-order chi connectivity index (χ0) is 14.9. The lowest BCUT2D eigenvalue weighted by Gasteiger charge is -2.29. The van der Waals surface area contributed by atoms with Crippen molar-refractivity contribution >= 4 is 10.8 Å². The van der Waals surface area contributed by atoms with Crippen LogP contribution in [0.2, 0.25) is 0 Å². The minimum absolute atomic E-state index is 0.0566. The van der Waals surface area contributed by atoms with Gasteiger partial charge >= 0.3 is 0 Å². The van der Waals surface area contributed by atoms with Crippen molar-refractivity contribution in [3.63, 3.8) is 0 Å². The van der Waals surface area contributed by atoms with Gasteiger partial charge in [0.05, 0.1) is 13.2 Å². The molecule has 0 spiro atoms. The van der Waals surface area contributed by atoms with Crippen molar-refractivity contribution in [2.24, 2.45) is 0 Å². The maximum Gasteiger partial charge on any atom is 0.126 e. The second-order valence-corrected chi connectivity index (χ2v) is 6.01. The fourth-order valence-corrected chi connectivity index (χ4v) is 3.03. The summed E-state index contributed by atoms with van der Waals surface area (Å²) in [6.07, 6.45) is 1.31. The number of hydrogen-bond acceptors (Lipinski definition) is 3. The van der Waals surface area contributed by atoms with Crippen LogP contribution in [0.4, 0.5) is 0 Å². The molecule has 21 heavy (non-hydrogen) atoms. The first kappa shape index (κ1) is 14.4. The molecule has 3 heteroatoms. The molecule has 2 aromatic carbocycles. The molecular formula is C18H23NO2. The smallest absolute Gasteiger partial charge is 0.126 e. The van der Waals surface area contributed by atoms with Gasteiger partial charge < -0.3 is 14.8 Å². The summed E-state index contributed by atoms with van der Waals surface area (Å²) in [6.45, 7) is 6.07. The fraction of sp³-hybridized carbons (Fsp3) is 0.444. The SMILES string of the molecule is COc1ccc(CNC2(C)CCOC2C)c2ccccc12. The molecule has 0 amide bonds. The first-order valence-electron chi connectivity index (χ1n) is 7.55. The van der Waals surface area contributed by atoms with Gasteiger partial charge in [-0.15, -0.1) is 0 Å². The van der Waals surface area contributed by atoms with Crippen LogP contribution in [0, 0.1) is 0 Å². The van der Waals surface area contributed by atoms with Crippen LogP contribution in [0.3, 0.4) is 0 Å². The first-order chi connectivity index (χ1) is 10.1. The largest absolute Gasteiger partial charge is 0.496 e. The van der Waals surface area contributed by atoms with Gasteiger partial charge in [-0.05, 0) is 37.3 Å². The lowest BCUT2D eigenvalue weighted by molar-refractivity contribution is 0.0882. The highest BCUT2D eigenvalue weighted by Crippen LogP contribution is 2.30. The van der Waals surface area contributed by atoms with Gasteiger partial charge in [0.1, 0.15) is 5.75 Å². The molecule has 0 saturated carbocycles. The van der Waals surface area contributed by atoms with E-state index >= 15 is 0 Å². The van der Waals surface area contributed by atoms with E-state index in [2.05, 4.69) is 55.6 Å². The minimum atomic E-state index is 0.0566. The number of benzene rings is 2. The van der Waals surface area contributed by atoms with E-state index < -0.39 is 0 Å². The average molecular weight is 285 g/mol. The highest BCUT2D eigenvalue weighted by Gasteiger charge is 2.36. The standard InChI is InChI=1S/C18H23NO2/c1-13-18(2,10-11-21-13)19-12-14-8-9-17(20-3)16-7-5-4-6-15(14)16/h4-9,13,19H,10-12H2,1-3H3. The molecule has 0 bridgehead atoms. The molecule has 112 valence electrons. The van der Waals surface area contributed by atoms with Crippen molar-refractivity contribution in [2.45, 2.75) is 38.5 Å². The van der Waals surface area contributed by atoms with Crippen LogP contribution in [0.5, 0.6) is 5.75 Å². The maximum absolute atomic E-state index is 5.70. The predicted molar refractivity (Wildman–Crippen MR) is 85.8 cm³/mol. The molecular weight excluding hydrogens is 262 g/mol. The van der Waals surface area contributed by atoms with Crippen molar-refractivity contribution in [3.8, 4) is 5.75 Å².